The first-order valence-electron chi connectivity index (χ1n) is 10.9. The molecular formula is C27H18Cl2N2O2S. The predicted octanol–water partition coefficient (Wildman–Crippen LogP) is 7.81. The summed E-state index contributed by atoms with van der Waals surface area (Å²) in [6.45, 7) is 2.14. The lowest BCUT2D eigenvalue weighted by Gasteiger charge is -2.25. The molecule has 0 amide bonds. The molecule has 1 atom stereocenters. The Morgan fingerprint density at radius 2 is 1.71 bits per heavy atom. The zero-order chi connectivity index (χ0) is 23.4. The zero-order valence-corrected chi connectivity index (χ0v) is 20.4. The number of H-pyrrole nitrogens is 1. The molecule has 3 aromatic carbocycles. The highest BCUT2D eigenvalue weighted by atomic mass is 35.5. The summed E-state index contributed by atoms with van der Waals surface area (Å²) in [4.78, 5) is 22.2. The topological polar surface area (TPSA) is 55.0 Å². The highest BCUT2D eigenvalue weighted by Gasteiger charge is 2.36. The van der Waals surface area contributed by atoms with Crippen LogP contribution in [0.3, 0.4) is 0 Å². The number of rotatable bonds is 3. The van der Waals surface area contributed by atoms with Gasteiger partial charge in [0.15, 0.2) is 5.75 Å². The third-order valence-corrected chi connectivity index (χ3v) is 7.98. The van der Waals surface area contributed by atoms with Crippen molar-refractivity contribution >= 4 is 44.6 Å². The van der Waals surface area contributed by atoms with Gasteiger partial charge in [0.2, 0.25) is 5.88 Å². The Morgan fingerprint density at radius 1 is 1.00 bits per heavy atom. The van der Waals surface area contributed by atoms with E-state index < -0.39 is 0 Å². The Labute approximate surface area is 209 Å². The van der Waals surface area contributed by atoms with E-state index in [0.717, 1.165) is 33.6 Å². The largest absolute Gasteiger partial charge is 0.437 e. The molecule has 5 aromatic rings. The molecule has 3 heterocycles. The lowest BCUT2D eigenvalue weighted by Crippen LogP contribution is -2.23. The maximum atomic E-state index is 13.5. The lowest BCUT2D eigenvalue weighted by atomic mass is 9.89. The number of halogens is 2. The van der Waals surface area contributed by atoms with Gasteiger partial charge in [0, 0.05) is 25.7 Å². The monoisotopic (exact) mass is 504 g/mol. The van der Waals surface area contributed by atoms with Gasteiger partial charge in [-0.15, -0.1) is 11.3 Å². The minimum Gasteiger partial charge on any atom is -0.437 e. The number of nitrogens with zero attached hydrogens (tertiary/aromatic N) is 1. The summed E-state index contributed by atoms with van der Waals surface area (Å²) in [5, 5.41) is 2.30. The van der Waals surface area contributed by atoms with Crippen molar-refractivity contribution in [1.29, 1.82) is 0 Å². The molecule has 1 aliphatic rings. The fourth-order valence-electron chi connectivity index (χ4n) is 4.49. The Balaban J connectivity index is 1.62. The molecule has 0 saturated heterocycles. The van der Waals surface area contributed by atoms with Crippen LogP contribution in [0.15, 0.2) is 71.5 Å². The van der Waals surface area contributed by atoms with Gasteiger partial charge in [0.1, 0.15) is 5.82 Å². The number of aromatic amines is 1. The minimum absolute atomic E-state index is 0.228. The Bertz CT molecular complexity index is 1610. The molecule has 0 radical (unpaired) electrons. The molecule has 1 unspecified atom stereocenters. The second kappa shape index (κ2) is 8.27. The van der Waals surface area contributed by atoms with Crippen LogP contribution in [0.4, 0.5) is 0 Å². The van der Waals surface area contributed by atoms with Gasteiger partial charge in [0.25, 0.3) is 5.56 Å². The third-order valence-electron chi connectivity index (χ3n) is 6.15. The number of ether oxygens (including phenoxy) is 1. The Hall–Kier alpha value is -3.12. The summed E-state index contributed by atoms with van der Waals surface area (Å²) in [7, 11) is 0. The van der Waals surface area contributed by atoms with Crippen LogP contribution >= 0.6 is 34.5 Å². The molecule has 1 N–H and O–H groups in total. The first-order valence-corrected chi connectivity index (χ1v) is 12.5. The smallest absolute Gasteiger partial charge is 0.259 e. The van der Waals surface area contributed by atoms with Crippen LogP contribution in [-0.2, 0) is 6.42 Å². The molecule has 0 saturated carbocycles. The number of hydrogen-bond donors (Lipinski definition) is 1. The van der Waals surface area contributed by atoms with Crippen LogP contribution in [0.2, 0.25) is 10.0 Å². The highest BCUT2D eigenvalue weighted by Crippen LogP contribution is 2.53. The number of aryl methyl sites for hydroxylation is 1. The van der Waals surface area contributed by atoms with Crippen molar-refractivity contribution in [3.63, 3.8) is 0 Å². The van der Waals surface area contributed by atoms with Crippen LogP contribution in [0.1, 0.15) is 34.4 Å². The van der Waals surface area contributed by atoms with Crippen LogP contribution in [0.5, 0.6) is 11.6 Å². The van der Waals surface area contributed by atoms with Crippen molar-refractivity contribution in [2.75, 3.05) is 0 Å². The second-order valence-electron chi connectivity index (χ2n) is 8.17. The first-order chi connectivity index (χ1) is 16.5. The molecule has 2 aromatic heterocycles. The molecule has 168 valence electrons. The van der Waals surface area contributed by atoms with E-state index in [1.54, 1.807) is 23.5 Å². The predicted molar refractivity (Wildman–Crippen MR) is 139 cm³/mol. The minimum atomic E-state index is -0.311. The molecule has 0 spiro atoms. The van der Waals surface area contributed by atoms with Crippen molar-refractivity contribution in [2.24, 2.45) is 0 Å². The van der Waals surface area contributed by atoms with Crippen LogP contribution in [-0.4, -0.2) is 9.97 Å². The lowest BCUT2D eigenvalue weighted by molar-refractivity contribution is 0.440. The van der Waals surface area contributed by atoms with Gasteiger partial charge < -0.3 is 9.72 Å². The zero-order valence-electron chi connectivity index (χ0n) is 18.1. The van der Waals surface area contributed by atoms with Crippen molar-refractivity contribution in [1.82, 2.24) is 9.97 Å². The van der Waals surface area contributed by atoms with E-state index >= 15 is 0 Å². The highest BCUT2D eigenvalue weighted by molar-refractivity contribution is 7.19. The number of benzene rings is 3. The Kier molecular flexibility index (Phi) is 5.21. The first kappa shape index (κ1) is 21.4. The van der Waals surface area contributed by atoms with E-state index in [2.05, 4.69) is 30.1 Å². The molecule has 4 nitrogen and oxygen atoms in total. The summed E-state index contributed by atoms with van der Waals surface area (Å²) < 4.78 is 7.58. The molecular weight excluding hydrogens is 487 g/mol. The fourth-order valence-corrected chi connectivity index (χ4v) is 6.19. The molecule has 7 heteroatoms. The van der Waals surface area contributed by atoms with Gasteiger partial charge in [-0.25, -0.2) is 0 Å². The molecule has 34 heavy (non-hydrogen) atoms. The number of aromatic nitrogens is 2. The van der Waals surface area contributed by atoms with E-state index in [1.807, 2.05) is 36.4 Å². The summed E-state index contributed by atoms with van der Waals surface area (Å²) in [5.41, 5.74) is 3.24. The molecule has 6 rings (SSSR count). The van der Waals surface area contributed by atoms with E-state index in [0.29, 0.717) is 27.3 Å². The normalized spacial score (nSPS) is 14.5. The maximum absolute atomic E-state index is 13.5. The second-order valence-corrected chi connectivity index (χ2v) is 10.1. The number of nitrogens with one attached hydrogen (secondary N) is 1. The van der Waals surface area contributed by atoms with Crippen LogP contribution in [0, 0.1) is 0 Å². The van der Waals surface area contributed by atoms with Crippen molar-refractivity contribution in [3.05, 3.63) is 109 Å². The van der Waals surface area contributed by atoms with Gasteiger partial charge in [-0.05, 0) is 60.0 Å². The molecule has 0 aliphatic carbocycles. The standard InChI is InChI=1S/C27H18Cl2N2O2S/c1-2-14-4-3-5-19-22-24(34-23(14)19)20(15-6-10-17(28)11-7-15)21-26(32)30-25(31-27(21)33-22)16-8-12-18(29)13-9-16/h3-13,20H,2H2,1H3,(H,30,31,32). The average molecular weight is 505 g/mol. The van der Waals surface area contributed by atoms with E-state index in [-0.39, 0.29) is 11.5 Å². The van der Waals surface area contributed by atoms with E-state index in [4.69, 9.17) is 32.9 Å². The summed E-state index contributed by atoms with van der Waals surface area (Å²) >= 11 is 13.9. The quantitative estimate of drug-likeness (QED) is 0.267. The molecule has 0 bridgehead atoms. The van der Waals surface area contributed by atoms with Crippen molar-refractivity contribution in [2.45, 2.75) is 19.3 Å². The number of thiophene rings is 1. The summed E-state index contributed by atoms with van der Waals surface area (Å²) in [5.74, 6) is 1.21. The van der Waals surface area contributed by atoms with Gasteiger partial charge in [-0.1, -0.05) is 54.4 Å². The SMILES string of the molecule is CCc1cccc2c3c(sc12)C(c1ccc(Cl)cc1)c1c(nc(-c2ccc(Cl)cc2)[nH]c1=O)O3. The van der Waals surface area contributed by atoms with E-state index in [9.17, 15) is 4.79 Å². The Morgan fingerprint density at radius 3 is 2.41 bits per heavy atom. The molecule has 1 aliphatic heterocycles. The summed E-state index contributed by atoms with van der Waals surface area (Å²) in [6.07, 6.45) is 0.912. The van der Waals surface area contributed by atoms with Gasteiger partial charge in [-0.3, -0.25) is 4.79 Å². The summed E-state index contributed by atoms with van der Waals surface area (Å²) in [6, 6.07) is 21.1. The van der Waals surface area contributed by atoms with Gasteiger partial charge in [0.05, 0.1) is 16.4 Å². The molecule has 0 fully saturated rings. The van der Waals surface area contributed by atoms with E-state index in [1.165, 1.54) is 10.3 Å². The third kappa shape index (κ3) is 3.43. The van der Waals surface area contributed by atoms with Crippen LogP contribution in [0.25, 0.3) is 21.5 Å². The van der Waals surface area contributed by atoms with Crippen LogP contribution < -0.4 is 10.3 Å². The van der Waals surface area contributed by atoms with Crippen molar-refractivity contribution < 1.29 is 4.74 Å². The van der Waals surface area contributed by atoms with Crippen molar-refractivity contribution in [3.8, 4) is 23.0 Å². The fraction of sp³-hybridized carbons (Fsp3) is 0.111. The van der Waals surface area contributed by atoms with Gasteiger partial charge >= 0.3 is 0 Å². The number of hydrogen-bond acceptors (Lipinski definition) is 4. The number of fused-ring (bicyclic) bond motifs is 4. The average Bonchev–Trinajstić information content (AvgIpc) is 3.22. The maximum Gasteiger partial charge on any atom is 0.259 e. The van der Waals surface area contributed by atoms with Gasteiger partial charge in [-0.2, -0.15) is 4.98 Å².